The molecule has 2 N–H and O–H groups in total. The Bertz CT molecular complexity index is 1450. The van der Waals surface area contributed by atoms with Crippen molar-refractivity contribution in [3.63, 3.8) is 0 Å². The second kappa shape index (κ2) is 12.0. The van der Waals surface area contributed by atoms with Gasteiger partial charge >= 0.3 is 22.3 Å². The second-order valence-electron chi connectivity index (χ2n) is 12.5. The van der Waals surface area contributed by atoms with Gasteiger partial charge in [0, 0.05) is 17.8 Å². The Labute approximate surface area is 261 Å². The summed E-state index contributed by atoms with van der Waals surface area (Å²) in [6.07, 6.45) is -3.46. The Morgan fingerprint density at radius 1 is 1.13 bits per heavy atom. The van der Waals surface area contributed by atoms with E-state index in [0.29, 0.717) is 0 Å². The molecule has 0 radical (unpaired) electrons. The van der Waals surface area contributed by atoms with Crippen molar-refractivity contribution in [1.29, 1.82) is 0 Å². The van der Waals surface area contributed by atoms with Crippen LogP contribution >= 0.6 is 11.8 Å². The summed E-state index contributed by atoms with van der Waals surface area (Å²) in [4.78, 5) is 58.3. The zero-order valence-electron chi connectivity index (χ0n) is 25.1. The minimum Gasteiger partial charge on any atom is -0.390 e. The first-order chi connectivity index (χ1) is 20.8. The molecule has 0 aromatic carbocycles. The lowest BCUT2D eigenvalue weighted by Crippen LogP contribution is -2.71. The quantitative estimate of drug-likeness (QED) is 0.268. The van der Waals surface area contributed by atoms with Crippen LogP contribution in [0.3, 0.4) is 0 Å². The van der Waals surface area contributed by atoms with Gasteiger partial charge in [-0.1, -0.05) is 32.5 Å². The highest BCUT2D eigenvalue weighted by Gasteiger charge is 2.77. The molecule has 0 aliphatic heterocycles. The number of allylic oxidation sites excluding steroid dienone is 3. The highest BCUT2D eigenvalue weighted by atomic mass is 32.3. The zero-order chi connectivity index (χ0) is 33.9. The van der Waals surface area contributed by atoms with Crippen LogP contribution in [0.5, 0.6) is 0 Å². The van der Waals surface area contributed by atoms with Crippen LogP contribution in [-0.2, 0) is 48.0 Å². The molecule has 2 unspecified atom stereocenters. The van der Waals surface area contributed by atoms with Crippen molar-refractivity contribution in [2.45, 2.75) is 83.8 Å². The maximum Gasteiger partial charge on any atom is 0.471 e. The average molecular weight is 685 g/mol. The Morgan fingerprint density at radius 2 is 1.76 bits per heavy atom. The maximum absolute atomic E-state index is 18.0. The van der Waals surface area contributed by atoms with Gasteiger partial charge in [0.15, 0.2) is 11.5 Å². The van der Waals surface area contributed by atoms with Crippen molar-refractivity contribution in [3.05, 3.63) is 23.3 Å². The van der Waals surface area contributed by atoms with E-state index in [1.807, 2.05) is 0 Å². The SMILES string of the molecule is CCC(=O)OOS(=O)(=O)OOC(=O)C(C)C1=CC(=O)C=C2[C@@H](F)CC3[C@@H]4C[C@@H](C)[C@](O)(C(=O)SCF)[C@@]4(C)C[C@H](O)[C@]3(F)[C@@]12C. The Hall–Kier alpha value is -2.31. The van der Waals surface area contributed by atoms with E-state index < -0.39 is 110 Å². The van der Waals surface area contributed by atoms with Crippen LogP contribution < -0.4 is 0 Å². The fourth-order valence-corrected chi connectivity index (χ4v) is 9.36. The van der Waals surface area contributed by atoms with E-state index in [1.165, 1.54) is 20.8 Å². The first-order valence-corrected chi connectivity index (χ1v) is 16.6. The zero-order valence-corrected chi connectivity index (χ0v) is 26.7. The number of carbonyl (C=O) groups is 4. The topological polar surface area (TPSA) is 180 Å². The third-order valence-electron chi connectivity index (χ3n) is 10.5. The summed E-state index contributed by atoms with van der Waals surface area (Å²) in [5.74, 6) is -8.13. The van der Waals surface area contributed by atoms with E-state index in [4.69, 9.17) is 0 Å². The molecule has 4 aliphatic rings. The van der Waals surface area contributed by atoms with Crippen LogP contribution in [0.2, 0.25) is 0 Å². The minimum atomic E-state index is -5.22. The first kappa shape index (κ1) is 35.5. The molecule has 0 bridgehead atoms. The molecule has 0 aromatic heterocycles. The lowest BCUT2D eigenvalue weighted by atomic mass is 9.42. The van der Waals surface area contributed by atoms with Gasteiger partial charge in [0.05, 0.1) is 17.4 Å². The summed E-state index contributed by atoms with van der Waals surface area (Å²) in [6, 6.07) is -1.12. The molecule has 0 heterocycles. The number of alkyl halides is 3. The molecule has 12 nitrogen and oxygen atoms in total. The van der Waals surface area contributed by atoms with Gasteiger partial charge in [0.2, 0.25) is 5.12 Å². The molecule has 4 aliphatic carbocycles. The molecule has 0 amide bonds. The van der Waals surface area contributed by atoms with Crippen LogP contribution in [-0.4, -0.2) is 71.0 Å². The number of fused-ring (bicyclic) bond motifs is 5. The van der Waals surface area contributed by atoms with Gasteiger partial charge in [-0.25, -0.2) is 22.8 Å². The molecule has 3 fully saturated rings. The van der Waals surface area contributed by atoms with E-state index in [9.17, 15) is 42.2 Å². The smallest absolute Gasteiger partial charge is 0.390 e. The molecule has 0 aromatic rings. The second-order valence-corrected chi connectivity index (χ2v) is 14.4. The van der Waals surface area contributed by atoms with E-state index in [-0.39, 0.29) is 35.7 Å². The number of hydrogen-bond donors (Lipinski definition) is 2. The molecular weight excluding hydrogens is 649 g/mol. The monoisotopic (exact) mass is 684 g/mol. The Balaban J connectivity index is 1.72. The number of thioether (sulfide) groups is 1. The highest BCUT2D eigenvalue weighted by molar-refractivity contribution is 8.13. The molecule has 0 spiro atoms. The van der Waals surface area contributed by atoms with Gasteiger partial charge in [-0.2, -0.15) is 8.42 Å². The van der Waals surface area contributed by atoms with E-state index in [1.54, 1.807) is 6.92 Å². The van der Waals surface area contributed by atoms with E-state index in [2.05, 4.69) is 18.4 Å². The fourth-order valence-electron chi connectivity index (χ4n) is 8.28. The van der Waals surface area contributed by atoms with Gasteiger partial charge in [-0.15, -0.1) is 0 Å². The fraction of sp³-hybridized carbons (Fsp3) is 0.714. The Morgan fingerprint density at radius 3 is 2.36 bits per heavy atom. The molecule has 3 saturated carbocycles. The number of ketones is 1. The number of carbonyl (C=O) groups excluding carboxylic acids is 4. The predicted molar refractivity (Wildman–Crippen MR) is 148 cm³/mol. The normalized spacial score (nSPS) is 39.9. The van der Waals surface area contributed by atoms with Gasteiger partial charge in [-0.05, 0) is 76.9 Å². The number of aliphatic hydroxyl groups is 2. The lowest BCUT2D eigenvalue weighted by molar-refractivity contribution is -0.247. The molecule has 10 atom stereocenters. The summed E-state index contributed by atoms with van der Waals surface area (Å²) >= 11 is 0.252. The van der Waals surface area contributed by atoms with Crippen molar-refractivity contribution in [3.8, 4) is 0 Å². The summed E-state index contributed by atoms with van der Waals surface area (Å²) < 4.78 is 78.9. The third-order valence-corrected chi connectivity index (χ3v) is 11.6. The van der Waals surface area contributed by atoms with Gasteiger partial charge in [0.1, 0.15) is 17.8 Å². The summed E-state index contributed by atoms with van der Waals surface area (Å²) in [6.45, 7) is 6.69. The standard InChI is InChI=1S/C28H35F3O12S2/c1-6-22(34)40-42-45(38,39)43-41-23(35)14(3)16-8-15(32)9-19-20(30)10-18-17-7-13(2)28(37,24(36)44-12-29)25(17,4)11-21(33)27(18,31)26(16,19)5/h8-9,13-14,17-18,20-21,33,37H,6-7,10-12H2,1-5H3/t13-,14?,17+,18?,20+,21+,25+,26+,27+,28+/m1/s1. The number of aliphatic hydroxyl groups excluding tert-OH is 1. The number of halogens is 3. The molecule has 4 rings (SSSR count). The van der Waals surface area contributed by atoms with Crippen LogP contribution in [0.15, 0.2) is 23.3 Å². The number of rotatable bonds is 9. The predicted octanol–water partition coefficient (Wildman–Crippen LogP) is 3.08. The molecule has 45 heavy (non-hydrogen) atoms. The molecule has 17 heteroatoms. The van der Waals surface area contributed by atoms with Crippen molar-refractivity contribution < 1.29 is 69.4 Å². The van der Waals surface area contributed by atoms with Gasteiger partial charge in [0.25, 0.3) is 0 Å². The minimum absolute atomic E-state index is 0.0281. The van der Waals surface area contributed by atoms with E-state index >= 15 is 8.78 Å². The van der Waals surface area contributed by atoms with Crippen molar-refractivity contribution >= 4 is 45.0 Å². The van der Waals surface area contributed by atoms with E-state index in [0.717, 1.165) is 19.1 Å². The van der Waals surface area contributed by atoms with Crippen LogP contribution in [0, 0.1) is 34.5 Å². The number of hydrogen-bond acceptors (Lipinski definition) is 13. The van der Waals surface area contributed by atoms with Crippen molar-refractivity contribution in [1.82, 2.24) is 0 Å². The largest absolute Gasteiger partial charge is 0.471 e. The van der Waals surface area contributed by atoms with Gasteiger partial charge < -0.3 is 10.2 Å². The average Bonchev–Trinajstić information content (AvgIpc) is 3.18. The summed E-state index contributed by atoms with van der Waals surface area (Å²) in [7, 11) is -5.22. The van der Waals surface area contributed by atoms with Crippen molar-refractivity contribution in [2.75, 3.05) is 6.01 Å². The van der Waals surface area contributed by atoms with Crippen LogP contribution in [0.1, 0.15) is 60.3 Å². The van der Waals surface area contributed by atoms with Gasteiger partial charge in [-0.3, -0.25) is 19.4 Å². The summed E-state index contributed by atoms with van der Waals surface area (Å²) in [5, 5.41) is 22.5. The highest BCUT2D eigenvalue weighted by Crippen LogP contribution is 2.72. The first-order valence-electron chi connectivity index (χ1n) is 14.2. The summed E-state index contributed by atoms with van der Waals surface area (Å²) in [5.41, 5.74) is -9.34. The van der Waals surface area contributed by atoms with Crippen LogP contribution in [0.25, 0.3) is 0 Å². The van der Waals surface area contributed by atoms with Crippen molar-refractivity contribution in [2.24, 2.45) is 34.5 Å². The Kier molecular flexibility index (Phi) is 9.52. The maximum atomic E-state index is 18.0. The molecular formula is C28H35F3O12S2. The molecule has 252 valence electrons. The molecule has 0 saturated heterocycles. The lowest BCUT2D eigenvalue weighted by Gasteiger charge is -2.64. The third kappa shape index (κ3) is 5.26. The van der Waals surface area contributed by atoms with Crippen LogP contribution in [0.4, 0.5) is 13.2 Å².